The molecule has 2 aliphatic heterocycles. The number of fused-ring (bicyclic) bond motifs is 1. The van der Waals surface area contributed by atoms with E-state index < -0.39 is 0 Å². The molecule has 0 bridgehead atoms. The molecule has 3 aliphatic rings. The van der Waals surface area contributed by atoms with E-state index in [-0.39, 0.29) is 6.23 Å². The van der Waals surface area contributed by atoms with E-state index in [0.717, 1.165) is 62.2 Å². The zero-order chi connectivity index (χ0) is 18.8. The number of ether oxygens (including phenoxy) is 2. The van der Waals surface area contributed by atoms with Gasteiger partial charge in [0.25, 0.3) is 0 Å². The van der Waals surface area contributed by atoms with Gasteiger partial charge in [0, 0.05) is 38.4 Å². The fourth-order valence-electron chi connectivity index (χ4n) is 3.74. The Hall–Kier alpha value is -2.84. The van der Waals surface area contributed by atoms with Crippen molar-refractivity contribution in [2.75, 3.05) is 37.7 Å². The minimum absolute atomic E-state index is 0.146. The van der Waals surface area contributed by atoms with Gasteiger partial charge in [-0.1, -0.05) is 6.07 Å². The zero-order valence-electron chi connectivity index (χ0n) is 15.7. The second-order valence-electron chi connectivity index (χ2n) is 7.02. The fraction of sp³-hybridized carbons (Fsp3) is 0.400. The molecule has 5 rings (SSSR count). The standard InChI is InChI=1S/C20H24N6O2/c1-2-6-17-16(5-1)27-15-19(28-17)23-25-13-11-24(12-14-25)20-8-10-22-26(20)18-7-3-4-9-21-18/h3-10,19,23H,1-2,11-15H2/t19-/m1/s1. The van der Waals surface area contributed by atoms with Crippen molar-refractivity contribution in [1.82, 2.24) is 25.2 Å². The first-order valence-electron chi connectivity index (χ1n) is 9.78. The molecule has 2 aromatic rings. The Kier molecular flexibility index (Phi) is 4.72. The van der Waals surface area contributed by atoms with Crippen molar-refractivity contribution >= 4 is 5.82 Å². The highest BCUT2D eigenvalue weighted by atomic mass is 16.6. The predicted octanol–water partition coefficient (Wildman–Crippen LogP) is 1.83. The first-order chi connectivity index (χ1) is 13.9. The number of hydrogen-bond donors (Lipinski definition) is 1. The van der Waals surface area contributed by atoms with Gasteiger partial charge in [0.15, 0.2) is 23.6 Å². The number of aromatic nitrogens is 3. The summed E-state index contributed by atoms with van der Waals surface area (Å²) in [4.78, 5) is 6.75. The van der Waals surface area contributed by atoms with Crippen LogP contribution >= 0.6 is 0 Å². The van der Waals surface area contributed by atoms with Crippen LogP contribution in [0.5, 0.6) is 0 Å². The van der Waals surface area contributed by atoms with Crippen LogP contribution in [0.15, 0.2) is 60.3 Å². The van der Waals surface area contributed by atoms with Crippen LogP contribution in [0.2, 0.25) is 0 Å². The predicted molar refractivity (Wildman–Crippen MR) is 105 cm³/mol. The maximum Gasteiger partial charge on any atom is 0.197 e. The van der Waals surface area contributed by atoms with Gasteiger partial charge in [0.05, 0.1) is 6.20 Å². The normalized spacial score (nSPS) is 22.6. The molecule has 2 aromatic heterocycles. The largest absolute Gasteiger partial charge is 0.485 e. The molecule has 146 valence electrons. The highest BCUT2D eigenvalue weighted by Gasteiger charge is 2.28. The Labute approximate surface area is 164 Å². The zero-order valence-corrected chi connectivity index (χ0v) is 15.7. The van der Waals surface area contributed by atoms with Crippen LogP contribution in [-0.2, 0) is 9.47 Å². The van der Waals surface area contributed by atoms with Gasteiger partial charge in [-0.05, 0) is 37.1 Å². The molecule has 2 fully saturated rings. The van der Waals surface area contributed by atoms with Crippen LogP contribution in [0.4, 0.5) is 5.82 Å². The van der Waals surface area contributed by atoms with Crippen LogP contribution in [-0.4, -0.2) is 58.8 Å². The molecular weight excluding hydrogens is 356 g/mol. The molecule has 0 spiro atoms. The molecule has 0 radical (unpaired) electrons. The SMILES string of the molecule is C1=C2OC[C@H](NN3CCN(c4ccnn4-c4ccccn4)CC3)OC2=CCC1. The molecule has 1 N–H and O–H groups in total. The lowest BCUT2D eigenvalue weighted by Gasteiger charge is -2.39. The quantitative estimate of drug-likeness (QED) is 0.868. The van der Waals surface area contributed by atoms with E-state index in [1.807, 2.05) is 35.1 Å². The Morgan fingerprint density at radius 2 is 1.82 bits per heavy atom. The summed E-state index contributed by atoms with van der Waals surface area (Å²) in [5.41, 5.74) is 3.46. The number of hydrogen-bond acceptors (Lipinski definition) is 7. The van der Waals surface area contributed by atoms with Gasteiger partial charge in [0.1, 0.15) is 12.4 Å². The minimum Gasteiger partial charge on any atom is -0.485 e. The third-order valence-corrected chi connectivity index (χ3v) is 5.15. The Morgan fingerprint density at radius 1 is 0.964 bits per heavy atom. The van der Waals surface area contributed by atoms with Crippen LogP contribution < -0.4 is 10.3 Å². The molecule has 0 saturated carbocycles. The number of nitrogens with one attached hydrogen (secondary N) is 1. The smallest absolute Gasteiger partial charge is 0.197 e. The first kappa shape index (κ1) is 17.3. The molecule has 1 aliphatic carbocycles. The summed E-state index contributed by atoms with van der Waals surface area (Å²) in [5, 5.41) is 6.66. The van der Waals surface area contributed by atoms with Crippen LogP contribution in [0.3, 0.4) is 0 Å². The van der Waals surface area contributed by atoms with Crippen molar-refractivity contribution in [3.8, 4) is 5.82 Å². The molecule has 28 heavy (non-hydrogen) atoms. The van der Waals surface area contributed by atoms with E-state index >= 15 is 0 Å². The molecule has 0 aromatic carbocycles. The molecular formula is C20H24N6O2. The maximum absolute atomic E-state index is 6.05. The molecule has 0 unspecified atom stereocenters. The summed E-state index contributed by atoms with van der Waals surface area (Å²) < 4.78 is 13.8. The minimum atomic E-state index is -0.146. The van der Waals surface area contributed by atoms with Crippen molar-refractivity contribution in [3.05, 3.63) is 60.3 Å². The molecule has 2 saturated heterocycles. The Morgan fingerprint density at radius 3 is 2.64 bits per heavy atom. The summed E-state index contributed by atoms with van der Waals surface area (Å²) in [6, 6.07) is 7.90. The highest BCUT2D eigenvalue weighted by molar-refractivity contribution is 5.44. The van der Waals surface area contributed by atoms with Gasteiger partial charge in [-0.25, -0.2) is 15.4 Å². The fourth-order valence-corrected chi connectivity index (χ4v) is 3.74. The van der Waals surface area contributed by atoms with Crippen LogP contribution in [0.25, 0.3) is 5.82 Å². The lowest BCUT2D eigenvalue weighted by atomic mass is 10.1. The third kappa shape index (κ3) is 3.48. The van der Waals surface area contributed by atoms with Crippen molar-refractivity contribution in [2.24, 2.45) is 0 Å². The van der Waals surface area contributed by atoms with Crippen molar-refractivity contribution in [1.29, 1.82) is 0 Å². The van der Waals surface area contributed by atoms with Crippen molar-refractivity contribution < 1.29 is 9.47 Å². The Balaban J connectivity index is 1.18. The number of pyridine rings is 1. The number of anilines is 1. The first-order valence-corrected chi connectivity index (χ1v) is 9.78. The maximum atomic E-state index is 6.05. The summed E-state index contributed by atoms with van der Waals surface area (Å²) >= 11 is 0. The molecule has 1 atom stereocenters. The summed E-state index contributed by atoms with van der Waals surface area (Å²) in [6.07, 6.45) is 9.72. The highest BCUT2D eigenvalue weighted by Crippen LogP contribution is 2.26. The molecule has 8 heteroatoms. The number of nitrogens with zero attached hydrogens (tertiary/aromatic N) is 5. The molecule has 0 amide bonds. The van der Waals surface area contributed by atoms with E-state index in [1.54, 1.807) is 6.20 Å². The number of rotatable bonds is 4. The van der Waals surface area contributed by atoms with Crippen molar-refractivity contribution in [3.63, 3.8) is 0 Å². The van der Waals surface area contributed by atoms with E-state index in [0.29, 0.717) is 6.61 Å². The van der Waals surface area contributed by atoms with E-state index in [1.165, 1.54) is 0 Å². The van der Waals surface area contributed by atoms with E-state index in [9.17, 15) is 0 Å². The number of allylic oxidation sites excluding steroid dienone is 2. The van der Waals surface area contributed by atoms with Crippen LogP contribution in [0.1, 0.15) is 12.8 Å². The van der Waals surface area contributed by atoms with Crippen LogP contribution in [0, 0.1) is 0 Å². The average molecular weight is 380 g/mol. The topological polar surface area (TPSA) is 67.7 Å². The Bertz CT molecular complexity index is 870. The van der Waals surface area contributed by atoms with E-state index in [2.05, 4.69) is 37.6 Å². The van der Waals surface area contributed by atoms with E-state index in [4.69, 9.17) is 9.47 Å². The lowest BCUT2D eigenvalue weighted by Crippen LogP contribution is -2.57. The monoisotopic (exact) mass is 380 g/mol. The van der Waals surface area contributed by atoms with Gasteiger partial charge in [-0.2, -0.15) is 9.78 Å². The number of hydrazine groups is 1. The lowest BCUT2D eigenvalue weighted by molar-refractivity contribution is -0.0671. The van der Waals surface area contributed by atoms with Crippen molar-refractivity contribution in [2.45, 2.75) is 19.1 Å². The summed E-state index contributed by atoms with van der Waals surface area (Å²) in [6.45, 7) is 4.08. The average Bonchev–Trinajstić information content (AvgIpc) is 3.25. The van der Waals surface area contributed by atoms with Gasteiger partial charge in [-0.3, -0.25) is 0 Å². The number of piperazine rings is 1. The molecule has 4 heterocycles. The second-order valence-corrected chi connectivity index (χ2v) is 7.02. The summed E-state index contributed by atoms with van der Waals surface area (Å²) in [5.74, 6) is 3.66. The molecule has 8 nitrogen and oxygen atoms in total. The summed E-state index contributed by atoms with van der Waals surface area (Å²) in [7, 11) is 0. The van der Waals surface area contributed by atoms with Gasteiger partial charge in [0.2, 0.25) is 0 Å². The third-order valence-electron chi connectivity index (χ3n) is 5.15. The van der Waals surface area contributed by atoms with Gasteiger partial charge >= 0.3 is 0 Å². The van der Waals surface area contributed by atoms with Gasteiger partial charge < -0.3 is 14.4 Å². The van der Waals surface area contributed by atoms with Gasteiger partial charge in [-0.15, -0.1) is 0 Å². The second kappa shape index (κ2) is 7.65.